The highest BCUT2D eigenvalue weighted by atomic mass is 16.6. The SMILES string of the molecule is N#Cc1cc([N+](=O)[O-])ccc1N1CCN2CCCCC2C1. The molecule has 3 rings (SSSR count). The Morgan fingerprint density at radius 1 is 1.29 bits per heavy atom. The topological polar surface area (TPSA) is 73.4 Å². The first-order chi connectivity index (χ1) is 10.2. The van der Waals surface area contributed by atoms with Crippen molar-refractivity contribution in [3.05, 3.63) is 33.9 Å². The van der Waals surface area contributed by atoms with Gasteiger partial charge in [0.05, 0.1) is 16.2 Å². The number of rotatable bonds is 2. The Balaban J connectivity index is 1.83. The van der Waals surface area contributed by atoms with Crippen LogP contribution in [-0.4, -0.2) is 42.0 Å². The summed E-state index contributed by atoms with van der Waals surface area (Å²) in [5.41, 5.74) is 1.20. The fraction of sp³-hybridized carbons (Fsp3) is 0.533. The number of hydrogen-bond acceptors (Lipinski definition) is 5. The molecule has 0 saturated carbocycles. The predicted molar refractivity (Wildman–Crippen MR) is 79.2 cm³/mol. The quantitative estimate of drug-likeness (QED) is 0.615. The fourth-order valence-corrected chi connectivity index (χ4v) is 3.38. The zero-order valence-corrected chi connectivity index (χ0v) is 11.9. The second kappa shape index (κ2) is 5.70. The zero-order chi connectivity index (χ0) is 14.8. The lowest BCUT2D eigenvalue weighted by Crippen LogP contribution is -2.55. The lowest BCUT2D eigenvalue weighted by atomic mass is 9.98. The summed E-state index contributed by atoms with van der Waals surface area (Å²) in [4.78, 5) is 15.1. The summed E-state index contributed by atoms with van der Waals surface area (Å²) in [6.07, 6.45) is 3.74. The van der Waals surface area contributed by atoms with Crippen LogP contribution >= 0.6 is 0 Å². The zero-order valence-electron chi connectivity index (χ0n) is 11.9. The fourth-order valence-electron chi connectivity index (χ4n) is 3.38. The molecule has 110 valence electrons. The first-order valence-corrected chi connectivity index (χ1v) is 7.36. The Morgan fingerprint density at radius 3 is 2.90 bits per heavy atom. The van der Waals surface area contributed by atoms with Crippen LogP contribution in [-0.2, 0) is 0 Å². The molecule has 2 heterocycles. The average Bonchev–Trinajstić information content (AvgIpc) is 2.53. The molecule has 0 N–H and O–H groups in total. The molecule has 2 saturated heterocycles. The van der Waals surface area contributed by atoms with Gasteiger partial charge in [0.25, 0.3) is 5.69 Å². The number of fused-ring (bicyclic) bond motifs is 1. The maximum absolute atomic E-state index is 10.8. The van der Waals surface area contributed by atoms with Crippen molar-refractivity contribution in [3.8, 4) is 6.07 Å². The smallest absolute Gasteiger partial charge is 0.270 e. The lowest BCUT2D eigenvalue weighted by molar-refractivity contribution is -0.384. The molecule has 1 unspecified atom stereocenters. The largest absolute Gasteiger partial charge is 0.368 e. The molecule has 6 heteroatoms. The van der Waals surface area contributed by atoms with E-state index in [1.165, 1.54) is 37.9 Å². The Bertz CT molecular complexity index is 596. The molecular weight excluding hydrogens is 268 g/mol. The molecule has 2 aliphatic heterocycles. The summed E-state index contributed by atoms with van der Waals surface area (Å²) in [6, 6.07) is 7.24. The van der Waals surface area contributed by atoms with Gasteiger partial charge in [0.1, 0.15) is 6.07 Å². The average molecular weight is 286 g/mol. The molecular formula is C15H18N4O2. The third-order valence-corrected chi connectivity index (χ3v) is 4.49. The maximum atomic E-state index is 10.8. The van der Waals surface area contributed by atoms with E-state index in [4.69, 9.17) is 0 Å². The van der Waals surface area contributed by atoms with E-state index in [1.807, 2.05) is 0 Å². The molecule has 0 aliphatic carbocycles. The molecule has 0 aromatic heterocycles. The van der Waals surface area contributed by atoms with E-state index >= 15 is 0 Å². The summed E-state index contributed by atoms with van der Waals surface area (Å²) in [5.74, 6) is 0. The molecule has 6 nitrogen and oxygen atoms in total. The minimum atomic E-state index is -0.455. The Morgan fingerprint density at radius 2 is 2.14 bits per heavy atom. The molecule has 0 spiro atoms. The third-order valence-electron chi connectivity index (χ3n) is 4.49. The number of piperidine rings is 1. The second-order valence-corrected chi connectivity index (χ2v) is 5.70. The third kappa shape index (κ3) is 2.69. The van der Waals surface area contributed by atoms with Crippen molar-refractivity contribution in [1.82, 2.24) is 4.90 Å². The second-order valence-electron chi connectivity index (χ2n) is 5.70. The highest BCUT2D eigenvalue weighted by Gasteiger charge is 2.30. The summed E-state index contributed by atoms with van der Waals surface area (Å²) in [7, 11) is 0. The van der Waals surface area contributed by atoms with Crippen LogP contribution in [0.25, 0.3) is 0 Å². The van der Waals surface area contributed by atoms with Gasteiger partial charge in [-0.25, -0.2) is 0 Å². The summed E-state index contributed by atoms with van der Waals surface area (Å²) in [5, 5.41) is 20.1. The van der Waals surface area contributed by atoms with Gasteiger partial charge in [0.2, 0.25) is 0 Å². The van der Waals surface area contributed by atoms with E-state index < -0.39 is 4.92 Å². The van der Waals surface area contributed by atoms with Crippen molar-refractivity contribution in [2.24, 2.45) is 0 Å². The number of benzene rings is 1. The van der Waals surface area contributed by atoms with Gasteiger partial charge in [-0.15, -0.1) is 0 Å². The van der Waals surface area contributed by atoms with Gasteiger partial charge < -0.3 is 4.90 Å². The molecule has 0 bridgehead atoms. The molecule has 0 amide bonds. The standard InChI is InChI=1S/C15H18N4O2/c16-10-12-9-13(19(20)21)4-5-15(12)18-8-7-17-6-2-1-3-14(17)11-18/h4-5,9,14H,1-3,6-8,11H2. The van der Waals surface area contributed by atoms with Crippen molar-refractivity contribution in [3.63, 3.8) is 0 Å². The van der Waals surface area contributed by atoms with Crippen LogP contribution in [0.3, 0.4) is 0 Å². The van der Waals surface area contributed by atoms with Gasteiger partial charge in [-0.2, -0.15) is 5.26 Å². The number of nitro groups is 1. The summed E-state index contributed by atoms with van der Waals surface area (Å²) < 4.78 is 0. The molecule has 0 radical (unpaired) electrons. The number of piperazine rings is 1. The highest BCUT2D eigenvalue weighted by Crippen LogP contribution is 2.29. The van der Waals surface area contributed by atoms with Gasteiger partial charge in [-0.3, -0.25) is 15.0 Å². The van der Waals surface area contributed by atoms with Crippen LogP contribution in [0, 0.1) is 21.4 Å². The Hall–Kier alpha value is -2.13. The van der Waals surface area contributed by atoms with Gasteiger partial charge >= 0.3 is 0 Å². The molecule has 21 heavy (non-hydrogen) atoms. The number of nitrogens with zero attached hydrogens (tertiary/aromatic N) is 4. The number of anilines is 1. The normalized spacial score (nSPS) is 22.4. The van der Waals surface area contributed by atoms with Crippen molar-refractivity contribution in [2.45, 2.75) is 25.3 Å². The first kappa shape index (κ1) is 13.8. The van der Waals surface area contributed by atoms with Crippen LogP contribution in [0.2, 0.25) is 0 Å². The minimum Gasteiger partial charge on any atom is -0.368 e. The van der Waals surface area contributed by atoms with Crippen LogP contribution in [0.15, 0.2) is 18.2 Å². The van der Waals surface area contributed by atoms with E-state index in [2.05, 4.69) is 15.9 Å². The number of nitro benzene ring substituents is 1. The summed E-state index contributed by atoms with van der Waals surface area (Å²) >= 11 is 0. The Kier molecular flexibility index (Phi) is 3.76. The lowest BCUT2D eigenvalue weighted by Gasteiger charge is -2.45. The molecule has 2 aliphatic rings. The molecule has 1 aromatic carbocycles. The number of non-ortho nitro benzene ring substituents is 1. The minimum absolute atomic E-state index is 0.0217. The van der Waals surface area contributed by atoms with Crippen LogP contribution in [0.1, 0.15) is 24.8 Å². The van der Waals surface area contributed by atoms with E-state index in [9.17, 15) is 15.4 Å². The van der Waals surface area contributed by atoms with E-state index in [0.717, 1.165) is 25.3 Å². The van der Waals surface area contributed by atoms with Crippen LogP contribution in [0.5, 0.6) is 0 Å². The van der Waals surface area contributed by atoms with Gasteiger partial charge in [0, 0.05) is 37.8 Å². The van der Waals surface area contributed by atoms with E-state index in [1.54, 1.807) is 6.07 Å². The Labute approximate surface area is 123 Å². The van der Waals surface area contributed by atoms with Gasteiger partial charge in [-0.1, -0.05) is 6.42 Å². The number of hydrogen-bond donors (Lipinski definition) is 0. The monoisotopic (exact) mass is 286 g/mol. The van der Waals surface area contributed by atoms with Crippen molar-refractivity contribution >= 4 is 11.4 Å². The van der Waals surface area contributed by atoms with E-state index in [-0.39, 0.29) is 5.69 Å². The van der Waals surface area contributed by atoms with Crippen LogP contribution < -0.4 is 4.90 Å². The first-order valence-electron chi connectivity index (χ1n) is 7.36. The van der Waals surface area contributed by atoms with Crippen molar-refractivity contribution in [2.75, 3.05) is 31.1 Å². The predicted octanol–water partition coefficient (Wildman–Crippen LogP) is 2.14. The molecule has 1 atom stereocenters. The number of nitriles is 1. The maximum Gasteiger partial charge on any atom is 0.270 e. The van der Waals surface area contributed by atoms with Crippen molar-refractivity contribution in [1.29, 1.82) is 5.26 Å². The van der Waals surface area contributed by atoms with Gasteiger partial charge in [0.15, 0.2) is 0 Å². The van der Waals surface area contributed by atoms with Crippen molar-refractivity contribution < 1.29 is 4.92 Å². The highest BCUT2D eigenvalue weighted by molar-refractivity contribution is 5.63. The summed E-state index contributed by atoms with van der Waals surface area (Å²) in [6.45, 7) is 3.96. The van der Waals surface area contributed by atoms with Gasteiger partial charge in [-0.05, 0) is 25.5 Å². The van der Waals surface area contributed by atoms with Crippen LogP contribution in [0.4, 0.5) is 11.4 Å². The van der Waals surface area contributed by atoms with E-state index in [0.29, 0.717) is 11.6 Å². The molecule has 1 aromatic rings. The molecule has 2 fully saturated rings.